The topological polar surface area (TPSA) is 103 Å². The van der Waals surface area contributed by atoms with Crippen molar-refractivity contribution in [1.82, 2.24) is 0 Å². The van der Waals surface area contributed by atoms with Crippen LogP contribution in [0, 0.1) is 5.82 Å². The number of nitrogens with one attached hydrogen (secondary N) is 2. The van der Waals surface area contributed by atoms with Crippen LogP contribution in [0.5, 0.6) is 11.5 Å². The summed E-state index contributed by atoms with van der Waals surface area (Å²) in [6.45, 7) is 0. The van der Waals surface area contributed by atoms with Crippen molar-refractivity contribution in [3.05, 3.63) is 77.6 Å². The number of ether oxygens (including phenoxy) is 3. The minimum Gasteiger partial charge on any atom is -0.493 e. The average molecular weight is 499 g/mol. The van der Waals surface area contributed by atoms with Crippen molar-refractivity contribution in [3.8, 4) is 11.5 Å². The number of hydrogen-bond acceptors (Lipinski definition) is 7. The summed E-state index contributed by atoms with van der Waals surface area (Å²) in [5, 5.41) is 5.42. The van der Waals surface area contributed by atoms with Gasteiger partial charge in [-0.05, 0) is 42.5 Å². The van der Waals surface area contributed by atoms with E-state index in [4.69, 9.17) is 9.47 Å². The van der Waals surface area contributed by atoms with Gasteiger partial charge in [0, 0.05) is 22.3 Å². The fraction of sp³-hybridized carbons (Fsp3) is 0.160. The number of thioether (sulfide) groups is 1. The van der Waals surface area contributed by atoms with E-state index in [1.807, 2.05) is 0 Å². The van der Waals surface area contributed by atoms with Gasteiger partial charge in [0.25, 0.3) is 5.91 Å². The van der Waals surface area contributed by atoms with E-state index < -0.39 is 17.7 Å². The molecule has 3 aromatic rings. The van der Waals surface area contributed by atoms with Gasteiger partial charge in [-0.25, -0.2) is 9.18 Å². The highest BCUT2D eigenvalue weighted by molar-refractivity contribution is 8.00. The first-order valence-corrected chi connectivity index (χ1v) is 11.3. The lowest BCUT2D eigenvalue weighted by molar-refractivity contribution is -0.113. The van der Waals surface area contributed by atoms with Crippen LogP contribution >= 0.6 is 11.8 Å². The van der Waals surface area contributed by atoms with Gasteiger partial charge in [-0.3, -0.25) is 9.59 Å². The molecule has 0 aliphatic rings. The molecule has 2 amide bonds. The summed E-state index contributed by atoms with van der Waals surface area (Å²) in [6.07, 6.45) is 0. The zero-order valence-electron chi connectivity index (χ0n) is 19.2. The van der Waals surface area contributed by atoms with Crippen LogP contribution < -0.4 is 20.1 Å². The molecule has 182 valence electrons. The fourth-order valence-corrected chi connectivity index (χ4v) is 3.95. The van der Waals surface area contributed by atoms with Crippen molar-refractivity contribution in [2.45, 2.75) is 4.90 Å². The number of halogens is 1. The van der Waals surface area contributed by atoms with Crippen molar-refractivity contribution < 1.29 is 33.0 Å². The highest BCUT2D eigenvalue weighted by Crippen LogP contribution is 2.30. The summed E-state index contributed by atoms with van der Waals surface area (Å²) in [7, 11) is 4.17. The van der Waals surface area contributed by atoms with Gasteiger partial charge in [0.2, 0.25) is 5.91 Å². The number of anilines is 2. The summed E-state index contributed by atoms with van der Waals surface area (Å²) < 4.78 is 28.9. The van der Waals surface area contributed by atoms with Gasteiger partial charge in [0.05, 0.1) is 38.2 Å². The summed E-state index contributed by atoms with van der Waals surface area (Å²) >= 11 is 1.18. The molecule has 0 aliphatic carbocycles. The molecule has 0 atom stereocenters. The van der Waals surface area contributed by atoms with Gasteiger partial charge in [0.15, 0.2) is 11.5 Å². The maximum Gasteiger partial charge on any atom is 0.340 e. The lowest BCUT2D eigenvalue weighted by Crippen LogP contribution is -2.16. The van der Waals surface area contributed by atoms with Crippen LogP contribution in [0.15, 0.2) is 65.6 Å². The molecule has 0 saturated carbocycles. The first kappa shape index (κ1) is 25.6. The Balaban J connectivity index is 1.68. The summed E-state index contributed by atoms with van der Waals surface area (Å²) in [4.78, 5) is 37.7. The Morgan fingerprint density at radius 3 is 2.23 bits per heavy atom. The third-order valence-corrected chi connectivity index (χ3v) is 5.86. The Kier molecular flexibility index (Phi) is 8.69. The van der Waals surface area contributed by atoms with Crippen molar-refractivity contribution in [1.29, 1.82) is 0 Å². The standard InChI is InChI=1S/C25H23FN2O6S/c1-32-20-11-9-16(13-21(20)33-2)27-23(29)14-35-22-7-5-4-6-17(22)24(30)28-15-8-10-19(26)18(12-15)25(31)34-3/h4-13H,14H2,1-3H3,(H,27,29)(H,28,30). The summed E-state index contributed by atoms with van der Waals surface area (Å²) in [6, 6.07) is 15.4. The second-order valence-electron chi connectivity index (χ2n) is 7.04. The normalized spacial score (nSPS) is 10.3. The van der Waals surface area contributed by atoms with Gasteiger partial charge >= 0.3 is 5.97 Å². The second-order valence-corrected chi connectivity index (χ2v) is 8.06. The van der Waals surface area contributed by atoms with Crippen molar-refractivity contribution in [2.75, 3.05) is 37.7 Å². The van der Waals surface area contributed by atoms with Crippen LogP contribution in [0.1, 0.15) is 20.7 Å². The molecule has 0 aliphatic heterocycles. The van der Waals surface area contributed by atoms with E-state index >= 15 is 0 Å². The zero-order valence-corrected chi connectivity index (χ0v) is 20.0. The number of carbonyl (C=O) groups excluding carboxylic acids is 3. The van der Waals surface area contributed by atoms with Crippen LogP contribution in [0.2, 0.25) is 0 Å². The Morgan fingerprint density at radius 2 is 1.51 bits per heavy atom. The molecule has 8 nitrogen and oxygen atoms in total. The molecule has 3 rings (SSSR count). The lowest BCUT2D eigenvalue weighted by atomic mass is 10.1. The maximum atomic E-state index is 13.9. The van der Waals surface area contributed by atoms with E-state index in [9.17, 15) is 18.8 Å². The lowest BCUT2D eigenvalue weighted by Gasteiger charge is -2.12. The van der Waals surface area contributed by atoms with Crippen molar-refractivity contribution in [3.63, 3.8) is 0 Å². The molecular formula is C25H23FN2O6S. The summed E-state index contributed by atoms with van der Waals surface area (Å²) in [5.74, 6) is -1.30. The number of rotatable bonds is 9. The third-order valence-electron chi connectivity index (χ3n) is 4.79. The van der Waals surface area contributed by atoms with Crippen molar-refractivity contribution in [2.24, 2.45) is 0 Å². The predicted molar refractivity (Wildman–Crippen MR) is 131 cm³/mol. The summed E-state index contributed by atoms with van der Waals surface area (Å²) in [5.41, 5.74) is 0.792. The fourth-order valence-electron chi connectivity index (χ4n) is 3.10. The molecule has 0 heterocycles. The van der Waals surface area contributed by atoms with Crippen molar-refractivity contribution >= 4 is 40.9 Å². The SMILES string of the molecule is COC(=O)c1cc(NC(=O)c2ccccc2SCC(=O)Nc2ccc(OC)c(OC)c2)ccc1F. The van der Waals surface area contributed by atoms with Gasteiger partial charge < -0.3 is 24.8 Å². The van der Waals surface area contributed by atoms with Crippen LogP contribution in [0.4, 0.5) is 15.8 Å². The second kappa shape index (κ2) is 11.9. The zero-order chi connectivity index (χ0) is 25.4. The van der Waals surface area contributed by atoms with Gasteiger partial charge in [-0.1, -0.05) is 12.1 Å². The molecule has 35 heavy (non-hydrogen) atoms. The molecule has 0 bridgehead atoms. The van der Waals surface area contributed by atoms with E-state index in [-0.39, 0.29) is 22.9 Å². The van der Waals surface area contributed by atoms with E-state index in [0.717, 1.165) is 13.2 Å². The largest absolute Gasteiger partial charge is 0.493 e. The Morgan fingerprint density at radius 1 is 0.829 bits per heavy atom. The molecular weight excluding hydrogens is 475 g/mol. The maximum absolute atomic E-state index is 13.9. The van der Waals surface area contributed by atoms with Crippen LogP contribution in [0.3, 0.4) is 0 Å². The average Bonchev–Trinajstić information content (AvgIpc) is 2.88. The van der Waals surface area contributed by atoms with E-state index in [1.165, 1.54) is 38.1 Å². The third kappa shape index (κ3) is 6.51. The first-order chi connectivity index (χ1) is 16.9. The molecule has 10 heteroatoms. The smallest absolute Gasteiger partial charge is 0.340 e. The Bertz CT molecular complexity index is 1250. The molecule has 3 aromatic carbocycles. The van der Waals surface area contributed by atoms with Crippen LogP contribution in [-0.2, 0) is 9.53 Å². The van der Waals surface area contributed by atoms with Crippen LogP contribution in [-0.4, -0.2) is 44.9 Å². The van der Waals surface area contributed by atoms with Crippen LogP contribution in [0.25, 0.3) is 0 Å². The molecule has 0 spiro atoms. The molecule has 2 N–H and O–H groups in total. The van der Waals surface area contributed by atoms with E-state index in [1.54, 1.807) is 42.5 Å². The minimum atomic E-state index is -0.852. The first-order valence-electron chi connectivity index (χ1n) is 10.3. The van der Waals surface area contributed by atoms with E-state index in [0.29, 0.717) is 27.6 Å². The molecule has 0 fully saturated rings. The number of esters is 1. The molecule has 0 aromatic heterocycles. The molecule has 0 unspecified atom stereocenters. The monoisotopic (exact) mass is 498 g/mol. The van der Waals surface area contributed by atoms with E-state index in [2.05, 4.69) is 15.4 Å². The van der Waals surface area contributed by atoms with Gasteiger partial charge in [0.1, 0.15) is 5.82 Å². The highest BCUT2D eigenvalue weighted by Gasteiger charge is 2.17. The Hall–Kier alpha value is -4.05. The number of benzene rings is 3. The van der Waals surface area contributed by atoms with Gasteiger partial charge in [-0.15, -0.1) is 11.8 Å². The number of methoxy groups -OCH3 is 3. The molecule has 0 radical (unpaired) electrons. The highest BCUT2D eigenvalue weighted by atomic mass is 32.2. The quantitative estimate of drug-likeness (QED) is 0.328. The predicted octanol–water partition coefficient (Wildman–Crippen LogP) is 4.61. The molecule has 0 saturated heterocycles. The minimum absolute atomic E-state index is 0.0433. The number of hydrogen-bond donors (Lipinski definition) is 2. The number of amides is 2. The number of carbonyl (C=O) groups is 3. The van der Waals surface area contributed by atoms with Gasteiger partial charge in [-0.2, -0.15) is 0 Å². The Labute approximate surface area is 205 Å².